The van der Waals surface area contributed by atoms with Gasteiger partial charge in [-0.2, -0.15) is 0 Å². The van der Waals surface area contributed by atoms with Crippen molar-refractivity contribution in [3.63, 3.8) is 0 Å². The summed E-state index contributed by atoms with van der Waals surface area (Å²) in [6.07, 6.45) is 6.23. The van der Waals surface area contributed by atoms with Crippen molar-refractivity contribution >= 4 is 12.1 Å². The molecule has 0 amide bonds. The van der Waals surface area contributed by atoms with Gasteiger partial charge in [-0.15, -0.1) is 0 Å². The molecule has 2 atom stereocenters. The van der Waals surface area contributed by atoms with Crippen LogP contribution in [0, 0.1) is 11.3 Å². The molecule has 0 fully saturated rings. The molecule has 0 heterocycles. The SMILES string of the molecule is CC(=O)CCC1(C=O)CC=C(C)CC1C. The van der Waals surface area contributed by atoms with Crippen molar-refractivity contribution in [3.05, 3.63) is 11.6 Å². The maximum absolute atomic E-state index is 11.3. The van der Waals surface area contributed by atoms with E-state index in [1.165, 1.54) is 5.57 Å². The van der Waals surface area contributed by atoms with E-state index in [1.54, 1.807) is 6.92 Å². The van der Waals surface area contributed by atoms with E-state index in [2.05, 4.69) is 19.9 Å². The van der Waals surface area contributed by atoms with Crippen LogP contribution in [0.2, 0.25) is 0 Å². The second-order valence-electron chi connectivity index (χ2n) is 4.91. The van der Waals surface area contributed by atoms with Crippen molar-refractivity contribution in [1.82, 2.24) is 0 Å². The number of ketones is 1. The molecule has 0 aromatic rings. The molecule has 84 valence electrons. The van der Waals surface area contributed by atoms with Gasteiger partial charge in [-0.1, -0.05) is 18.6 Å². The van der Waals surface area contributed by atoms with Gasteiger partial charge in [0.25, 0.3) is 0 Å². The minimum Gasteiger partial charge on any atom is -0.303 e. The number of allylic oxidation sites excluding steroid dienone is 2. The zero-order chi connectivity index (χ0) is 11.5. The van der Waals surface area contributed by atoms with Crippen molar-refractivity contribution in [2.45, 2.75) is 46.5 Å². The second kappa shape index (κ2) is 4.73. The van der Waals surface area contributed by atoms with Gasteiger partial charge in [-0.05, 0) is 39.0 Å². The summed E-state index contributed by atoms with van der Waals surface area (Å²) in [7, 11) is 0. The maximum atomic E-state index is 11.3. The molecule has 0 aliphatic heterocycles. The largest absolute Gasteiger partial charge is 0.303 e. The Bertz CT molecular complexity index is 291. The van der Waals surface area contributed by atoms with E-state index >= 15 is 0 Å². The van der Waals surface area contributed by atoms with Crippen molar-refractivity contribution in [1.29, 1.82) is 0 Å². The Hall–Kier alpha value is -0.920. The predicted octanol–water partition coefficient (Wildman–Crippen LogP) is 2.92. The van der Waals surface area contributed by atoms with Crippen molar-refractivity contribution < 1.29 is 9.59 Å². The molecule has 15 heavy (non-hydrogen) atoms. The molecule has 0 spiro atoms. The van der Waals surface area contributed by atoms with Gasteiger partial charge < -0.3 is 9.59 Å². The zero-order valence-electron chi connectivity index (χ0n) is 9.88. The summed E-state index contributed by atoms with van der Waals surface area (Å²) in [5.41, 5.74) is 1.08. The van der Waals surface area contributed by atoms with Crippen LogP contribution in [0.15, 0.2) is 11.6 Å². The van der Waals surface area contributed by atoms with Gasteiger partial charge in [-0.3, -0.25) is 0 Å². The highest BCUT2D eigenvalue weighted by Crippen LogP contribution is 2.42. The highest BCUT2D eigenvalue weighted by Gasteiger charge is 2.37. The Balaban J connectivity index is 2.76. The Morgan fingerprint density at radius 1 is 1.67 bits per heavy atom. The lowest BCUT2D eigenvalue weighted by atomic mass is 9.66. The van der Waals surface area contributed by atoms with E-state index in [4.69, 9.17) is 0 Å². The molecule has 0 saturated carbocycles. The van der Waals surface area contributed by atoms with E-state index in [9.17, 15) is 9.59 Å². The first-order valence-electron chi connectivity index (χ1n) is 5.61. The zero-order valence-corrected chi connectivity index (χ0v) is 9.88. The lowest BCUT2D eigenvalue weighted by molar-refractivity contribution is -0.121. The van der Waals surface area contributed by atoms with Gasteiger partial charge in [0.05, 0.1) is 0 Å². The van der Waals surface area contributed by atoms with Crippen LogP contribution in [0.1, 0.15) is 46.5 Å². The molecule has 1 aliphatic rings. The van der Waals surface area contributed by atoms with E-state index in [1.807, 2.05) is 0 Å². The first-order chi connectivity index (χ1) is 7.00. The van der Waals surface area contributed by atoms with E-state index in [0.717, 1.165) is 19.1 Å². The highest BCUT2D eigenvalue weighted by molar-refractivity contribution is 5.76. The number of rotatable bonds is 4. The summed E-state index contributed by atoms with van der Waals surface area (Å²) >= 11 is 0. The quantitative estimate of drug-likeness (QED) is 0.526. The van der Waals surface area contributed by atoms with E-state index < -0.39 is 0 Å². The lowest BCUT2D eigenvalue weighted by Crippen LogP contribution is -2.33. The van der Waals surface area contributed by atoms with Gasteiger partial charge in [-0.25, -0.2) is 0 Å². The average molecular weight is 208 g/mol. The number of hydrogen-bond acceptors (Lipinski definition) is 2. The van der Waals surface area contributed by atoms with Crippen LogP contribution < -0.4 is 0 Å². The summed E-state index contributed by atoms with van der Waals surface area (Å²) in [4.78, 5) is 22.3. The molecule has 0 saturated heterocycles. The molecule has 2 nitrogen and oxygen atoms in total. The molecule has 0 aromatic heterocycles. The summed E-state index contributed by atoms with van der Waals surface area (Å²) in [6.45, 7) is 5.81. The summed E-state index contributed by atoms with van der Waals surface area (Å²) in [5.74, 6) is 0.536. The van der Waals surface area contributed by atoms with Crippen LogP contribution in [-0.4, -0.2) is 12.1 Å². The molecular weight excluding hydrogens is 188 g/mol. The van der Waals surface area contributed by atoms with Gasteiger partial charge >= 0.3 is 0 Å². The summed E-state index contributed by atoms with van der Waals surface area (Å²) in [5, 5.41) is 0. The Kier molecular flexibility index (Phi) is 3.83. The van der Waals surface area contributed by atoms with Crippen molar-refractivity contribution in [3.8, 4) is 0 Å². The highest BCUT2D eigenvalue weighted by atomic mass is 16.1. The van der Waals surface area contributed by atoms with Crippen LogP contribution in [0.3, 0.4) is 0 Å². The fourth-order valence-corrected chi connectivity index (χ4v) is 2.32. The third-order valence-corrected chi connectivity index (χ3v) is 3.62. The van der Waals surface area contributed by atoms with Crippen molar-refractivity contribution in [2.75, 3.05) is 0 Å². The van der Waals surface area contributed by atoms with Gasteiger partial charge in [0.1, 0.15) is 12.1 Å². The van der Waals surface area contributed by atoms with E-state index in [-0.39, 0.29) is 11.2 Å². The minimum atomic E-state index is -0.287. The van der Waals surface area contributed by atoms with Gasteiger partial charge in [0.2, 0.25) is 0 Å². The normalized spacial score (nSPS) is 30.9. The van der Waals surface area contributed by atoms with Crippen LogP contribution in [0.5, 0.6) is 0 Å². The monoisotopic (exact) mass is 208 g/mol. The molecule has 2 heteroatoms. The number of hydrogen-bond donors (Lipinski definition) is 0. The minimum absolute atomic E-state index is 0.176. The summed E-state index contributed by atoms with van der Waals surface area (Å²) < 4.78 is 0. The first-order valence-corrected chi connectivity index (χ1v) is 5.61. The van der Waals surface area contributed by atoms with Crippen LogP contribution in [0.25, 0.3) is 0 Å². The topological polar surface area (TPSA) is 34.1 Å². The van der Waals surface area contributed by atoms with Crippen LogP contribution in [0.4, 0.5) is 0 Å². The Morgan fingerprint density at radius 2 is 2.33 bits per heavy atom. The number of aldehydes is 1. The Morgan fingerprint density at radius 3 is 2.80 bits per heavy atom. The third-order valence-electron chi connectivity index (χ3n) is 3.62. The fourth-order valence-electron chi connectivity index (χ4n) is 2.32. The summed E-state index contributed by atoms with van der Waals surface area (Å²) in [6, 6.07) is 0. The van der Waals surface area contributed by atoms with Gasteiger partial charge in [0.15, 0.2) is 0 Å². The molecular formula is C13H20O2. The van der Waals surface area contributed by atoms with E-state index in [0.29, 0.717) is 18.8 Å². The van der Waals surface area contributed by atoms with Crippen molar-refractivity contribution in [2.24, 2.45) is 11.3 Å². The molecule has 1 aliphatic carbocycles. The molecule has 0 bridgehead atoms. The van der Waals surface area contributed by atoms with Gasteiger partial charge in [0, 0.05) is 11.8 Å². The molecule has 0 radical (unpaired) electrons. The smallest absolute Gasteiger partial charge is 0.129 e. The number of Topliss-reactive ketones (excluding diaryl/α,β-unsaturated/α-hetero) is 1. The molecule has 0 aromatic carbocycles. The number of carbonyl (C=O) groups excluding carboxylic acids is 2. The molecule has 0 N–H and O–H groups in total. The molecule has 1 rings (SSSR count). The molecule has 2 unspecified atom stereocenters. The third kappa shape index (κ3) is 2.77. The average Bonchev–Trinajstić information content (AvgIpc) is 2.17. The lowest BCUT2D eigenvalue weighted by Gasteiger charge is -2.37. The standard InChI is InChI=1S/C13H20O2/c1-10-4-6-13(9-14,11(2)8-10)7-5-12(3)15/h4,9,11H,5-8H2,1-3H3. The van der Waals surface area contributed by atoms with Crippen LogP contribution >= 0.6 is 0 Å². The fraction of sp³-hybridized carbons (Fsp3) is 0.692. The Labute approximate surface area is 91.7 Å². The predicted molar refractivity (Wildman–Crippen MR) is 60.6 cm³/mol. The first kappa shape index (κ1) is 12.2. The maximum Gasteiger partial charge on any atom is 0.129 e. The number of carbonyl (C=O) groups is 2. The van der Waals surface area contributed by atoms with Crippen LogP contribution in [-0.2, 0) is 9.59 Å². The second-order valence-corrected chi connectivity index (χ2v) is 4.91.